The third-order valence-electron chi connectivity index (χ3n) is 8.05. The summed E-state index contributed by atoms with van der Waals surface area (Å²) in [4.78, 5) is 14.0. The number of para-hydroxylation sites is 1. The van der Waals surface area contributed by atoms with Gasteiger partial charge in [0.25, 0.3) is 0 Å². The largest absolute Gasteiger partial charge is 0.506 e. The fourth-order valence-corrected chi connectivity index (χ4v) is 5.75. The molecule has 1 N–H and O–H groups in total. The molecule has 0 spiro atoms. The fourth-order valence-electron chi connectivity index (χ4n) is 5.75. The van der Waals surface area contributed by atoms with E-state index in [-0.39, 0.29) is 37.6 Å². The van der Waals surface area contributed by atoms with Gasteiger partial charge in [-0.3, -0.25) is 4.98 Å². The van der Waals surface area contributed by atoms with Gasteiger partial charge >= 0.3 is 0 Å². The molecule has 3 heterocycles. The van der Waals surface area contributed by atoms with E-state index in [2.05, 4.69) is 94.1 Å². The summed E-state index contributed by atoms with van der Waals surface area (Å²) in [7, 11) is 3.99. The van der Waals surface area contributed by atoms with Gasteiger partial charge < -0.3 is 14.9 Å². The van der Waals surface area contributed by atoms with Gasteiger partial charge in [0.05, 0.1) is 0 Å². The molecule has 0 amide bonds. The molecule has 41 heavy (non-hydrogen) atoms. The molecule has 1 aliphatic heterocycles. The van der Waals surface area contributed by atoms with Crippen LogP contribution < -0.4 is 9.80 Å². The maximum Gasteiger partial charge on any atom is 0.140 e. The Hall–Kier alpha value is -3.69. The SMILES string of the molecule is CN(C)c1ccc(O)c2nc(-c3[c-]c4c(cc3)C(C)(C)c3ccccc3N4c3cc(C(C)(C)C)ccn3)ccc12.[Pt]. The molecule has 3 aromatic carbocycles. The molecule has 0 saturated heterocycles. The van der Waals surface area contributed by atoms with Crippen LogP contribution in [0.15, 0.2) is 79.0 Å². The van der Waals surface area contributed by atoms with Crippen molar-refractivity contribution in [2.45, 2.75) is 45.4 Å². The molecule has 0 saturated carbocycles. The maximum absolute atomic E-state index is 10.7. The molecule has 6 rings (SSSR count). The van der Waals surface area contributed by atoms with Crippen LogP contribution in [0.5, 0.6) is 5.75 Å². The van der Waals surface area contributed by atoms with Gasteiger partial charge in [0.15, 0.2) is 0 Å². The second-order valence-corrected chi connectivity index (χ2v) is 12.4. The van der Waals surface area contributed by atoms with E-state index in [1.807, 2.05) is 43.4 Å². The normalized spacial score (nSPS) is 13.8. The summed E-state index contributed by atoms with van der Waals surface area (Å²) in [6.07, 6.45) is 1.90. The third kappa shape index (κ3) is 4.81. The first-order chi connectivity index (χ1) is 19.0. The van der Waals surface area contributed by atoms with Crippen molar-refractivity contribution < 1.29 is 26.2 Å². The average Bonchev–Trinajstić information content (AvgIpc) is 2.92. The van der Waals surface area contributed by atoms with Gasteiger partial charge in [-0.05, 0) is 63.7 Å². The second-order valence-electron chi connectivity index (χ2n) is 12.4. The van der Waals surface area contributed by atoms with Gasteiger partial charge in [0.1, 0.15) is 17.1 Å². The van der Waals surface area contributed by atoms with Gasteiger partial charge in [-0.1, -0.05) is 70.5 Å². The zero-order valence-corrected chi connectivity index (χ0v) is 26.8. The fraction of sp³-hybridized carbons (Fsp3) is 0.257. The van der Waals surface area contributed by atoms with Crippen molar-refractivity contribution in [3.63, 3.8) is 0 Å². The number of phenolic OH excluding ortho intramolecular Hbond substituents is 1. The number of hydrogen-bond donors (Lipinski definition) is 1. The van der Waals surface area contributed by atoms with Crippen LogP contribution in [0.4, 0.5) is 22.9 Å². The van der Waals surface area contributed by atoms with Crippen LogP contribution in [-0.2, 0) is 31.9 Å². The molecule has 5 aromatic rings. The first kappa shape index (κ1) is 28.8. The summed E-state index contributed by atoms with van der Waals surface area (Å²) in [6.45, 7) is 11.2. The second kappa shape index (κ2) is 10.3. The predicted octanol–water partition coefficient (Wildman–Crippen LogP) is 8.27. The van der Waals surface area contributed by atoms with Crippen molar-refractivity contribution in [3.8, 4) is 17.0 Å². The smallest absolute Gasteiger partial charge is 0.140 e. The van der Waals surface area contributed by atoms with E-state index < -0.39 is 0 Å². The number of aromatic hydroxyl groups is 1. The minimum Gasteiger partial charge on any atom is -0.506 e. The molecule has 0 aliphatic carbocycles. The molecule has 0 atom stereocenters. The van der Waals surface area contributed by atoms with Crippen LogP contribution in [0.3, 0.4) is 0 Å². The van der Waals surface area contributed by atoms with Crippen LogP contribution >= 0.6 is 0 Å². The van der Waals surface area contributed by atoms with Crippen molar-refractivity contribution in [2.75, 3.05) is 23.9 Å². The van der Waals surface area contributed by atoms with Crippen molar-refractivity contribution in [2.24, 2.45) is 0 Å². The summed E-state index contributed by atoms with van der Waals surface area (Å²) >= 11 is 0. The van der Waals surface area contributed by atoms with Crippen LogP contribution in [0.2, 0.25) is 0 Å². The number of rotatable bonds is 3. The third-order valence-corrected chi connectivity index (χ3v) is 8.05. The van der Waals surface area contributed by atoms with Gasteiger partial charge in [-0.2, -0.15) is 0 Å². The summed E-state index contributed by atoms with van der Waals surface area (Å²) in [6, 6.07) is 28.5. The van der Waals surface area contributed by atoms with E-state index in [4.69, 9.17) is 9.97 Å². The average molecular weight is 723 g/mol. The Bertz CT molecular complexity index is 1770. The summed E-state index contributed by atoms with van der Waals surface area (Å²) < 4.78 is 0. The zero-order valence-electron chi connectivity index (χ0n) is 24.6. The molecular formula is C35H35N4OPt-. The molecule has 0 unspecified atom stereocenters. The standard InChI is InChI=1S/C35H35N4O.Pt/c1-34(2,3)23-18-19-36-32(21-23)39-29-11-9-8-10-25(29)35(4,5)26-14-12-22(20-30(26)39)27-15-13-24-28(38(6)7)16-17-31(40)33(24)37-27;/h8-19,21,40H,1-7H3;/q-1;. The molecule has 0 fully saturated rings. The van der Waals surface area contributed by atoms with Gasteiger partial charge in [-0.25, -0.2) is 4.98 Å². The molecule has 0 radical (unpaired) electrons. The van der Waals surface area contributed by atoms with E-state index in [0.717, 1.165) is 39.5 Å². The van der Waals surface area contributed by atoms with Gasteiger partial charge in [0.2, 0.25) is 0 Å². The molecular weight excluding hydrogens is 687 g/mol. The Morgan fingerprint density at radius 1 is 0.902 bits per heavy atom. The maximum atomic E-state index is 10.7. The number of benzene rings is 3. The van der Waals surface area contributed by atoms with Crippen LogP contribution in [0, 0.1) is 6.07 Å². The van der Waals surface area contributed by atoms with Crippen molar-refractivity contribution in [3.05, 3.63) is 102 Å². The Morgan fingerprint density at radius 3 is 2.39 bits per heavy atom. The number of fused-ring (bicyclic) bond motifs is 3. The number of pyridine rings is 2. The van der Waals surface area contributed by atoms with Gasteiger partial charge in [-0.15, -0.1) is 23.8 Å². The number of aromatic nitrogens is 2. The van der Waals surface area contributed by atoms with Crippen molar-refractivity contribution in [1.29, 1.82) is 0 Å². The molecule has 2 aromatic heterocycles. The van der Waals surface area contributed by atoms with E-state index in [1.54, 1.807) is 6.07 Å². The molecule has 0 bridgehead atoms. The summed E-state index contributed by atoms with van der Waals surface area (Å²) in [5, 5.41) is 11.6. The Balaban J connectivity index is 0.00000337. The molecule has 5 nitrogen and oxygen atoms in total. The number of nitrogens with zero attached hydrogens (tertiary/aromatic N) is 4. The first-order valence-corrected chi connectivity index (χ1v) is 13.7. The van der Waals surface area contributed by atoms with E-state index in [9.17, 15) is 5.11 Å². The number of anilines is 4. The minimum absolute atomic E-state index is 0. The summed E-state index contributed by atoms with van der Waals surface area (Å²) in [5.74, 6) is 1.03. The Labute approximate surface area is 257 Å². The van der Waals surface area contributed by atoms with E-state index in [0.29, 0.717) is 5.52 Å². The molecule has 6 heteroatoms. The monoisotopic (exact) mass is 722 g/mol. The molecule has 1 aliphatic rings. The van der Waals surface area contributed by atoms with Crippen molar-refractivity contribution >= 4 is 33.8 Å². The van der Waals surface area contributed by atoms with Crippen LogP contribution in [0.25, 0.3) is 22.2 Å². The van der Waals surface area contributed by atoms with Crippen LogP contribution in [0.1, 0.15) is 51.3 Å². The Morgan fingerprint density at radius 2 is 1.66 bits per heavy atom. The predicted molar refractivity (Wildman–Crippen MR) is 165 cm³/mol. The van der Waals surface area contributed by atoms with Gasteiger partial charge in [0, 0.05) is 58.1 Å². The zero-order chi connectivity index (χ0) is 28.4. The minimum atomic E-state index is -0.227. The molecule has 212 valence electrons. The number of phenols is 1. The van der Waals surface area contributed by atoms with Crippen LogP contribution in [-0.4, -0.2) is 29.2 Å². The Kier molecular flexibility index (Phi) is 7.24. The quantitative estimate of drug-likeness (QED) is 0.190. The van der Waals surface area contributed by atoms with Crippen molar-refractivity contribution in [1.82, 2.24) is 9.97 Å². The van der Waals surface area contributed by atoms with E-state index in [1.165, 1.54) is 16.7 Å². The number of hydrogen-bond acceptors (Lipinski definition) is 5. The first-order valence-electron chi connectivity index (χ1n) is 13.7. The van der Waals surface area contributed by atoms with E-state index >= 15 is 0 Å². The summed E-state index contributed by atoms with van der Waals surface area (Å²) in [5.41, 5.74) is 8.69. The topological polar surface area (TPSA) is 52.5 Å².